The molecular weight excluding hydrogens is 238 g/mol. The number of rotatable bonds is 3. The predicted octanol–water partition coefficient (Wildman–Crippen LogP) is 3.43. The summed E-state index contributed by atoms with van der Waals surface area (Å²) in [5.41, 5.74) is 4.08. The number of hydrogen-bond donors (Lipinski definition) is 1. The lowest BCUT2D eigenvalue weighted by Crippen LogP contribution is -2.12. The summed E-state index contributed by atoms with van der Waals surface area (Å²) in [7, 11) is 3.83. The van der Waals surface area contributed by atoms with Crippen LogP contribution in [0.15, 0.2) is 42.5 Å². The monoisotopic (exact) mass is 255 g/mol. The fraction of sp³-hybridized carbons (Fsp3) is 0.188. The summed E-state index contributed by atoms with van der Waals surface area (Å²) >= 11 is 0. The third-order valence-electron chi connectivity index (χ3n) is 3.09. The highest BCUT2D eigenvalue weighted by molar-refractivity contribution is 6.00. The molecule has 0 aromatic heterocycles. The molecule has 0 aliphatic carbocycles. The van der Waals surface area contributed by atoms with Crippen LogP contribution in [0.2, 0.25) is 0 Å². The molecule has 0 saturated carbocycles. The van der Waals surface area contributed by atoms with E-state index in [1.165, 1.54) is 0 Å². The second-order valence-corrected chi connectivity index (χ2v) is 4.77. The smallest absolute Gasteiger partial charge is 0.336 e. The van der Waals surface area contributed by atoms with Crippen LogP contribution in [0.5, 0.6) is 0 Å². The van der Waals surface area contributed by atoms with Gasteiger partial charge in [0.1, 0.15) is 0 Å². The number of benzene rings is 2. The van der Waals surface area contributed by atoms with E-state index in [1.807, 2.05) is 56.3 Å². The molecule has 0 spiro atoms. The predicted molar refractivity (Wildman–Crippen MR) is 77.9 cm³/mol. The minimum Gasteiger partial charge on any atom is -0.478 e. The van der Waals surface area contributed by atoms with Gasteiger partial charge in [0, 0.05) is 25.3 Å². The van der Waals surface area contributed by atoms with Crippen LogP contribution in [0.3, 0.4) is 0 Å². The average molecular weight is 255 g/mol. The quantitative estimate of drug-likeness (QED) is 0.913. The zero-order valence-corrected chi connectivity index (χ0v) is 11.3. The molecule has 2 rings (SSSR count). The molecule has 0 atom stereocenters. The Kier molecular flexibility index (Phi) is 3.56. The van der Waals surface area contributed by atoms with Crippen molar-refractivity contribution >= 4 is 11.7 Å². The third-order valence-corrected chi connectivity index (χ3v) is 3.09. The van der Waals surface area contributed by atoms with Crippen molar-refractivity contribution in [1.29, 1.82) is 0 Å². The lowest BCUT2D eigenvalue weighted by Gasteiger charge is -2.19. The Morgan fingerprint density at radius 3 is 2.21 bits per heavy atom. The summed E-state index contributed by atoms with van der Waals surface area (Å²) in [5, 5.41) is 9.37. The van der Waals surface area contributed by atoms with E-state index in [2.05, 4.69) is 0 Å². The minimum absolute atomic E-state index is 0.329. The van der Waals surface area contributed by atoms with E-state index in [9.17, 15) is 9.90 Å². The SMILES string of the molecule is Cc1ccc(-c2c(C(=O)O)cccc2N(C)C)cc1. The highest BCUT2D eigenvalue weighted by Gasteiger charge is 2.16. The Morgan fingerprint density at radius 2 is 1.68 bits per heavy atom. The molecule has 0 saturated heterocycles. The number of carboxylic acid groups (broad SMARTS) is 1. The van der Waals surface area contributed by atoms with Crippen molar-refractivity contribution in [2.45, 2.75) is 6.92 Å². The van der Waals surface area contributed by atoms with Gasteiger partial charge in [-0.15, -0.1) is 0 Å². The molecule has 3 heteroatoms. The van der Waals surface area contributed by atoms with Crippen LogP contribution in [-0.4, -0.2) is 25.2 Å². The van der Waals surface area contributed by atoms with Crippen LogP contribution in [-0.2, 0) is 0 Å². The Hall–Kier alpha value is -2.29. The number of hydrogen-bond acceptors (Lipinski definition) is 2. The number of carboxylic acids is 1. The lowest BCUT2D eigenvalue weighted by atomic mass is 9.96. The molecule has 2 aromatic carbocycles. The van der Waals surface area contributed by atoms with Crippen LogP contribution in [0.1, 0.15) is 15.9 Å². The van der Waals surface area contributed by atoms with Gasteiger partial charge in [0.25, 0.3) is 0 Å². The van der Waals surface area contributed by atoms with Gasteiger partial charge in [-0.25, -0.2) is 4.79 Å². The average Bonchev–Trinajstić information content (AvgIpc) is 2.38. The summed E-state index contributed by atoms with van der Waals surface area (Å²) < 4.78 is 0. The fourth-order valence-corrected chi connectivity index (χ4v) is 2.11. The molecule has 0 heterocycles. The molecule has 0 aliphatic heterocycles. The highest BCUT2D eigenvalue weighted by atomic mass is 16.4. The van der Waals surface area contributed by atoms with Gasteiger partial charge in [0.15, 0.2) is 0 Å². The zero-order valence-electron chi connectivity index (χ0n) is 11.3. The number of aryl methyl sites for hydroxylation is 1. The molecule has 0 amide bonds. The van der Waals surface area contributed by atoms with Crippen LogP contribution < -0.4 is 4.90 Å². The number of nitrogens with zero attached hydrogens (tertiary/aromatic N) is 1. The summed E-state index contributed by atoms with van der Waals surface area (Å²) in [5.74, 6) is -0.903. The van der Waals surface area contributed by atoms with Crippen LogP contribution in [0.25, 0.3) is 11.1 Å². The van der Waals surface area contributed by atoms with Gasteiger partial charge in [-0.05, 0) is 24.6 Å². The van der Waals surface area contributed by atoms with E-state index in [1.54, 1.807) is 12.1 Å². The molecule has 98 valence electrons. The van der Waals surface area contributed by atoms with E-state index in [0.29, 0.717) is 5.56 Å². The van der Waals surface area contributed by atoms with Crippen LogP contribution in [0, 0.1) is 6.92 Å². The molecule has 0 radical (unpaired) electrons. The van der Waals surface area contributed by atoms with Crippen molar-refractivity contribution in [3.63, 3.8) is 0 Å². The van der Waals surface area contributed by atoms with Gasteiger partial charge >= 0.3 is 5.97 Å². The van der Waals surface area contributed by atoms with Crippen molar-refractivity contribution in [3.8, 4) is 11.1 Å². The zero-order chi connectivity index (χ0) is 14.0. The standard InChI is InChI=1S/C16H17NO2/c1-11-7-9-12(10-8-11)15-13(16(18)19)5-4-6-14(15)17(2)3/h4-10H,1-3H3,(H,18,19). The summed E-state index contributed by atoms with van der Waals surface area (Å²) in [6, 6.07) is 13.3. The van der Waals surface area contributed by atoms with Crippen molar-refractivity contribution in [2.24, 2.45) is 0 Å². The number of aromatic carboxylic acids is 1. The van der Waals surface area contributed by atoms with Crippen molar-refractivity contribution < 1.29 is 9.90 Å². The van der Waals surface area contributed by atoms with Gasteiger partial charge in [0.05, 0.1) is 5.56 Å². The first-order chi connectivity index (χ1) is 9.00. The number of anilines is 1. The maximum Gasteiger partial charge on any atom is 0.336 e. The van der Waals surface area contributed by atoms with E-state index < -0.39 is 5.97 Å². The van der Waals surface area contributed by atoms with Crippen LogP contribution >= 0.6 is 0 Å². The molecule has 19 heavy (non-hydrogen) atoms. The maximum absolute atomic E-state index is 11.4. The van der Waals surface area contributed by atoms with E-state index in [0.717, 1.165) is 22.4 Å². The first-order valence-corrected chi connectivity index (χ1v) is 6.11. The molecule has 2 aromatic rings. The molecular formula is C16H17NO2. The molecule has 0 aliphatic rings. The van der Waals surface area contributed by atoms with Crippen molar-refractivity contribution in [1.82, 2.24) is 0 Å². The summed E-state index contributed by atoms with van der Waals surface area (Å²) in [6.07, 6.45) is 0. The normalized spacial score (nSPS) is 10.3. The maximum atomic E-state index is 11.4. The molecule has 0 fully saturated rings. The number of carbonyl (C=O) groups is 1. The Bertz CT molecular complexity index is 601. The molecule has 3 nitrogen and oxygen atoms in total. The van der Waals surface area contributed by atoms with Gasteiger partial charge in [0.2, 0.25) is 0 Å². The largest absolute Gasteiger partial charge is 0.478 e. The lowest BCUT2D eigenvalue weighted by molar-refractivity contribution is 0.0698. The second kappa shape index (κ2) is 5.14. The third kappa shape index (κ3) is 2.60. The topological polar surface area (TPSA) is 40.5 Å². The Morgan fingerprint density at radius 1 is 1.05 bits per heavy atom. The first-order valence-electron chi connectivity index (χ1n) is 6.11. The molecule has 0 bridgehead atoms. The fourth-order valence-electron chi connectivity index (χ4n) is 2.11. The first kappa shape index (κ1) is 13.1. The highest BCUT2D eigenvalue weighted by Crippen LogP contribution is 2.33. The summed E-state index contributed by atoms with van der Waals surface area (Å²) in [6.45, 7) is 2.01. The van der Waals surface area contributed by atoms with E-state index >= 15 is 0 Å². The van der Waals surface area contributed by atoms with Gasteiger partial charge < -0.3 is 10.0 Å². The van der Waals surface area contributed by atoms with Crippen molar-refractivity contribution in [2.75, 3.05) is 19.0 Å². The van der Waals surface area contributed by atoms with Gasteiger partial charge in [-0.1, -0.05) is 35.9 Å². The Balaban J connectivity index is 2.71. The minimum atomic E-state index is -0.903. The molecule has 1 N–H and O–H groups in total. The van der Waals surface area contributed by atoms with Gasteiger partial charge in [-0.3, -0.25) is 0 Å². The van der Waals surface area contributed by atoms with Gasteiger partial charge in [-0.2, -0.15) is 0 Å². The Labute approximate surface area is 113 Å². The molecule has 0 unspecified atom stereocenters. The van der Waals surface area contributed by atoms with Crippen molar-refractivity contribution in [3.05, 3.63) is 53.6 Å². The summed E-state index contributed by atoms with van der Waals surface area (Å²) in [4.78, 5) is 13.4. The second-order valence-electron chi connectivity index (χ2n) is 4.77. The van der Waals surface area contributed by atoms with E-state index in [4.69, 9.17) is 0 Å². The van der Waals surface area contributed by atoms with Crippen LogP contribution in [0.4, 0.5) is 5.69 Å². The van der Waals surface area contributed by atoms with E-state index in [-0.39, 0.29) is 0 Å².